The van der Waals surface area contributed by atoms with Crippen LogP contribution in [0.3, 0.4) is 0 Å². The van der Waals surface area contributed by atoms with E-state index in [4.69, 9.17) is 0 Å². The molecule has 0 spiro atoms. The maximum atomic E-state index is 13.0. The molecule has 1 atom stereocenters. The summed E-state index contributed by atoms with van der Waals surface area (Å²) in [7, 11) is 1.59. The molecule has 7 nitrogen and oxygen atoms in total. The Hall–Kier alpha value is -3.30. The summed E-state index contributed by atoms with van der Waals surface area (Å²) in [5, 5.41) is 12.0. The number of fused-ring (bicyclic) bond motifs is 1. The average Bonchev–Trinajstić information content (AvgIpc) is 3.27. The Morgan fingerprint density at radius 3 is 2.53 bits per heavy atom. The maximum absolute atomic E-state index is 13.0. The van der Waals surface area contributed by atoms with Crippen molar-refractivity contribution in [2.45, 2.75) is 32.5 Å². The van der Waals surface area contributed by atoms with Crippen molar-refractivity contribution < 1.29 is 22.8 Å². The van der Waals surface area contributed by atoms with Crippen LogP contribution in [-0.2, 0) is 18.0 Å². The smallest absolute Gasteiger partial charge is 0.340 e. The molecule has 0 fully saturated rings. The Morgan fingerprint density at radius 2 is 1.93 bits per heavy atom. The van der Waals surface area contributed by atoms with Crippen molar-refractivity contribution in [1.82, 2.24) is 20.1 Å². The molecule has 2 aromatic heterocycles. The third-order valence-electron chi connectivity index (χ3n) is 4.69. The lowest BCUT2D eigenvalue weighted by atomic mass is 10.0. The van der Waals surface area contributed by atoms with Gasteiger partial charge in [0.1, 0.15) is 17.6 Å². The van der Waals surface area contributed by atoms with E-state index in [9.17, 15) is 22.8 Å². The van der Waals surface area contributed by atoms with Gasteiger partial charge >= 0.3 is 6.18 Å². The number of aryl methyl sites for hydroxylation is 1. The topological polar surface area (TPSA) is 91.8 Å². The summed E-state index contributed by atoms with van der Waals surface area (Å²) in [4.78, 5) is 25.5. The molecule has 1 unspecified atom stereocenters. The van der Waals surface area contributed by atoms with Crippen LogP contribution >= 0.6 is 0 Å². The second-order valence-electron chi connectivity index (χ2n) is 7.48. The van der Waals surface area contributed by atoms with E-state index in [1.807, 2.05) is 13.8 Å². The number of hydrogen-bond acceptors (Lipinski definition) is 3. The molecule has 160 valence electrons. The molecule has 0 aliphatic heterocycles. The Bertz CT molecular complexity index is 1050. The first-order valence-corrected chi connectivity index (χ1v) is 9.34. The first-order valence-electron chi connectivity index (χ1n) is 9.34. The third kappa shape index (κ3) is 4.64. The van der Waals surface area contributed by atoms with Gasteiger partial charge in [-0.1, -0.05) is 13.8 Å². The largest absolute Gasteiger partial charge is 0.416 e. The third-order valence-corrected chi connectivity index (χ3v) is 4.69. The van der Waals surface area contributed by atoms with Gasteiger partial charge in [-0.15, -0.1) is 0 Å². The highest BCUT2D eigenvalue weighted by Gasteiger charge is 2.31. The molecular weight excluding hydrogens is 399 g/mol. The summed E-state index contributed by atoms with van der Waals surface area (Å²) in [5.41, 5.74) is -0.146. The standard InChI is InChI=1S/C20H22F3N5O2/c1-11(2)8-14(18(29)26-17-6-7-24-27-17)25-19(30)16-10-12-9-13(20(21,22)23)4-5-15(12)28(16)3/h4-7,9-11,14H,8H2,1-3H3,(H,25,30)(H2,24,26,27,29). The van der Waals surface area contributed by atoms with Crippen molar-refractivity contribution in [2.24, 2.45) is 13.0 Å². The molecule has 0 bridgehead atoms. The predicted molar refractivity (Wildman–Crippen MR) is 106 cm³/mol. The van der Waals surface area contributed by atoms with Crippen LogP contribution < -0.4 is 10.6 Å². The number of hydrogen-bond donors (Lipinski definition) is 3. The molecule has 1 aromatic carbocycles. The number of alkyl halides is 3. The number of nitrogens with one attached hydrogen (secondary N) is 3. The number of aromatic nitrogens is 3. The molecule has 3 rings (SSSR count). The van der Waals surface area contributed by atoms with E-state index in [1.54, 1.807) is 13.1 Å². The molecule has 0 aliphatic rings. The normalized spacial score (nSPS) is 12.9. The lowest BCUT2D eigenvalue weighted by Gasteiger charge is -2.20. The fourth-order valence-electron chi connectivity index (χ4n) is 3.22. The van der Waals surface area contributed by atoms with Gasteiger partial charge in [0.15, 0.2) is 0 Å². The Kier molecular flexibility index (Phi) is 5.86. The number of benzene rings is 1. The first-order chi connectivity index (χ1) is 14.1. The molecule has 30 heavy (non-hydrogen) atoms. The van der Waals surface area contributed by atoms with Gasteiger partial charge < -0.3 is 15.2 Å². The van der Waals surface area contributed by atoms with Crippen molar-refractivity contribution >= 4 is 28.5 Å². The number of anilines is 1. The van der Waals surface area contributed by atoms with Gasteiger partial charge in [-0.25, -0.2) is 0 Å². The summed E-state index contributed by atoms with van der Waals surface area (Å²) in [6.07, 6.45) is -2.61. The molecular formula is C20H22F3N5O2. The van der Waals surface area contributed by atoms with Crippen molar-refractivity contribution in [2.75, 3.05) is 5.32 Å². The predicted octanol–water partition coefficient (Wildman–Crippen LogP) is 3.70. The van der Waals surface area contributed by atoms with E-state index in [1.165, 1.54) is 22.9 Å². The highest BCUT2D eigenvalue weighted by atomic mass is 19.4. The summed E-state index contributed by atoms with van der Waals surface area (Å²) in [6.45, 7) is 3.83. The van der Waals surface area contributed by atoms with Crippen LogP contribution in [0.15, 0.2) is 36.5 Å². The van der Waals surface area contributed by atoms with Crippen LogP contribution in [0.5, 0.6) is 0 Å². The van der Waals surface area contributed by atoms with E-state index in [2.05, 4.69) is 20.8 Å². The minimum Gasteiger partial charge on any atom is -0.340 e. The van der Waals surface area contributed by atoms with E-state index in [0.29, 0.717) is 23.1 Å². The number of amides is 2. The second kappa shape index (κ2) is 8.21. The highest BCUT2D eigenvalue weighted by Crippen LogP contribution is 2.32. The Morgan fingerprint density at radius 1 is 1.20 bits per heavy atom. The van der Waals surface area contributed by atoms with Crippen LogP contribution in [-0.4, -0.2) is 32.6 Å². The fourth-order valence-corrected chi connectivity index (χ4v) is 3.22. The fraction of sp³-hybridized carbons (Fsp3) is 0.350. The van der Waals surface area contributed by atoms with Gasteiger partial charge in [0.25, 0.3) is 5.91 Å². The molecule has 3 N–H and O–H groups in total. The number of halogens is 3. The molecule has 0 aliphatic carbocycles. The van der Waals surface area contributed by atoms with E-state index in [0.717, 1.165) is 12.1 Å². The number of nitrogens with zero attached hydrogens (tertiary/aromatic N) is 2. The number of carbonyl (C=O) groups excluding carboxylic acids is 2. The first kappa shape index (κ1) is 21.4. The zero-order chi connectivity index (χ0) is 22.1. The second-order valence-corrected chi connectivity index (χ2v) is 7.48. The van der Waals surface area contributed by atoms with Gasteiger partial charge in [0.05, 0.1) is 11.8 Å². The Balaban J connectivity index is 1.85. The quantitative estimate of drug-likeness (QED) is 0.567. The van der Waals surface area contributed by atoms with Gasteiger partial charge in [-0.3, -0.25) is 14.7 Å². The van der Waals surface area contributed by atoms with Crippen LogP contribution in [0.2, 0.25) is 0 Å². The van der Waals surface area contributed by atoms with Crippen molar-refractivity contribution in [3.63, 3.8) is 0 Å². The van der Waals surface area contributed by atoms with Gasteiger partial charge in [0, 0.05) is 24.0 Å². The SMILES string of the molecule is CC(C)CC(NC(=O)c1cc2cc(C(F)(F)F)ccc2n1C)C(=O)Nc1ccn[nH]1. The summed E-state index contributed by atoms with van der Waals surface area (Å²) in [6, 6.07) is 5.44. The molecule has 2 heterocycles. The lowest BCUT2D eigenvalue weighted by Crippen LogP contribution is -2.45. The van der Waals surface area contributed by atoms with Crippen molar-refractivity contribution in [1.29, 1.82) is 0 Å². The molecule has 0 saturated carbocycles. The minimum atomic E-state index is -4.47. The number of H-pyrrole nitrogens is 1. The van der Waals surface area contributed by atoms with Crippen LogP contribution in [0.25, 0.3) is 10.9 Å². The Labute approximate surface area is 170 Å². The number of carbonyl (C=O) groups is 2. The molecule has 2 amide bonds. The van der Waals surface area contributed by atoms with Crippen molar-refractivity contribution in [3.05, 3.63) is 47.8 Å². The summed E-state index contributed by atoms with van der Waals surface area (Å²) < 4.78 is 40.4. The van der Waals surface area contributed by atoms with Gasteiger partial charge in [-0.05, 0) is 36.6 Å². The number of aromatic amines is 1. The van der Waals surface area contributed by atoms with E-state index in [-0.39, 0.29) is 11.6 Å². The van der Waals surface area contributed by atoms with E-state index >= 15 is 0 Å². The van der Waals surface area contributed by atoms with Crippen molar-refractivity contribution in [3.8, 4) is 0 Å². The zero-order valence-corrected chi connectivity index (χ0v) is 16.7. The average molecular weight is 421 g/mol. The highest BCUT2D eigenvalue weighted by molar-refractivity contribution is 6.02. The lowest BCUT2D eigenvalue weighted by molar-refractivity contribution is -0.137. The molecule has 0 saturated heterocycles. The van der Waals surface area contributed by atoms with Crippen LogP contribution in [0.4, 0.5) is 19.0 Å². The summed E-state index contributed by atoms with van der Waals surface area (Å²) >= 11 is 0. The zero-order valence-electron chi connectivity index (χ0n) is 16.7. The molecule has 10 heteroatoms. The summed E-state index contributed by atoms with van der Waals surface area (Å²) in [5.74, 6) is -0.455. The van der Waals surface area contributed by atoms with Crippen LogP contribution in [0.1, 0.15) is 36.3 Å². The minimum absolute atomic E-state index is 0.115. The monoisotopic (exact) mass is 421 g/mol. The van der Waals surface area contributed by atoms with Crippen LogP contribution in [0, 0.1) is 5.92 Å². The molecule has 3 aromatic rings. The van der Waals surface area contributed by atoms with E-state index < -0.39 is 29.6 Å². The number of rotatable bonds is 6. The molecule has 0 radical (unpaired) electrons. The maximum Gasteiger partial charge on any atom is 0.416 e. The van der Waals surface area contributed by atoms with Gasteiger partial charge in [0.2, 0.25) is 5.91 Å². The van der Waals surface area contributed by atoms with Gasteiger partial charge in [-0.2, -0.15) is 18.3 Å².